The van der Waals surface area contributed by atoms with E-state index in [1.165, 1.54) is 51.4 Å². The van der Waals surface area contributed by atoms with Crippen LogP contribution in [0, 0.1) is 11.3 Å². The molecule has 2 aliphatic heterocycles. The first-order chi connectivity index (χ1) is 10.2. The number of nitrogens with zero attached hydrogens (tertiary/aromatic N) is 1. The quantitative estimate of drug-likeness (QED) is 0.808. The molecule has 2 heterocycles. The van der Waals surface area contributed by atoms with Crippen LogP contribution in [-0.2, 0) is 4.79 Å². The number of rotatable bonds is 1. The minimum atomic E-state index is 0.364. The molecule has 4 aliphatic rings. The second kappa shape index (κ2) is 5.45. The molecule has 2 saturated heterocycles. The van der Waals surface area contributed by atoms with E-state index in [0.29, 0.717) is 22.0 Å². The zero-order chi connectivity index (χ0) is 14.3. The zero-order valence-electron chi connectivity index (χ0n) is 13.0. The van der Waals surface area contributed by atoms with Crippen molar-refractivity contribution in [1.82, 2.24) is 10.2 Å². The lowest BCUT2D eigenvalue weighted by molar-refractivity contribution is -0.134. The number of carbonyl (C=O) groups is 1. The average Bonchev–Trinajstić information content (AvgIpc) is 3.21. The molecule has 118 valence electrons. The van der Waals surface area contributed by atoms with Gasteiger partial charge < -0.3 is 10.2 Å². The summed E-state index contributed by atoms with van der Waals surface area (Å²) in [6, 6.07) is 0. The minimum Gasteiger partial charge on any atom is -0.340 e. The van der Waals surface area contributed by atoms with Gasteiger partial charge in [-0.3, -0.25) is 4.79 Å². The fourth-order valence-electron chi connectivity index (χ4n) is 4.93. The van der Waals surface area contributed by atoms with Gasteiger partial charge in [-0.1, -0.05) is 19.3 Å². The summed E-state index contributed by atoms with van der Waals surface area (Å²) in [7, 11) is 0. The highest BCUT2D eigenvalue weighted by Gasteiger charge is 2.59. The molecular formula is C17H28N2OS. The molecule has 1 N–H and O–H groups in total. The lowest BCUT2D eigenvalue weighted by Gasteiger charge is -2.45. The predicted octanol–water partition coefficient (Wildman–Crippen LogP) is 2.65. The molecule has 3 nitrogen and oxygen atoms in total. The van der Waals surface area contributed by atoms with Gasteiger partial charge in [0.25, 0.3) is 0 Å². The largest absolute Gasteiger partial charge is 0.340 e. The van der Waals surface area contributed by atoms with Gasteiger partial charge in [-0.05, 0) is 50.6 Å². The van der Waals surface area contributed by atoms with Crippen LogP contribution in [0.2, 0.25) is 0 Å². The van der Waals surface area contributed by atoms with Crippen LogP contribution in [0.3, 0.4) is 0 Å². The molecule has 4 heteroatoms. The van der Waals surface area contributed by atoms with Crippen LogP contribution in [0.5, 0.6) is 0 Å². The van der Waals surface area contributed by atoms with Gasteiger partial charge in [0.2, 0.25) is 5.91 Å². The monoisotopic (exact) mass is 308 g/mol. The van der Waals surface area contributed by atoms with Crippen LogP contribution in [0.4, 0.5) is 0 Å². The van der Waals surface area contributed by atoms with Crippen LogP contribution in [0.1, 0.15) is 51.4 Å². The van der Waals surface area contributed by atoms with Crippen molar-refractivity contribution in [1.29, 1.82) is 0 Å². The first kappa shape index (κ1) is 14.4. The van der Waals surface area contributed by atoms with Gasteiger partial charge in [0.1, 0.15) is 0 Å². The summed E-state index contributed by atoms with van der Waals surface area (Å²) in [5, 5.41) is 3.44. The highest BCUT2D eigenvalue weighted by atomic mass is 32.2. The molecule has 0 radical (unpaired) electrons. The van der Waals surface area contributed by atoms with Gasteiger partial charge in [0.15, 0.2) is 0 Å². The molecule has 0 bridgehead atoms. The lowest BCUT2D eigenvalue weighted by atomic mass is 9.87. The van der Waals surface area contributed by atoms with Crippen molar-refractivity contribution in [3.8, 4) is 0 Å². The van der Waals surface area contributed by atoms with E-state index in [-0.39, 0.29) is 0 Å². The van der Waals surface area contributed by atoms with E-state index in [1.54, 1.807) is 0 Å². The molecule has 1 atom stereocenters. The average molecular weight is 308 g/mol. The molecular weight excluding hydrogens is 280 g/mol. The number of hydrogen-bond donors (Lipinski definition) is 1. The Morgan fingerprint density at radius 3 is 2.62 bits per heavy atom. The smallest absolute Gasteiger partial charge is 0.226 e. The fraction of sp³-hybridized carbons (Fsp3) is 0.941. The number of carbonyl (C=O) groups excluding carboxylic acids is 1. The Balaban J connectivity index is 1.40. The molecule has 21 heavy (non-hydrogen) atoms. The van der Waals surface area contributed by atoms with Gasteiger partial charge in [-0.25, -0.2) is 0 Å². The highest BCUT2D eigenvalue weighted by molar-refractivity contribution is 8.00. The van der Waals surface area contributed by atoms with E-state index < -0.39 is 0 Å². The Hall–Kier alpha value is -0.220. The Morgan fingerprint density at radius 2 is 1.86 bits per heavy atom. The van der Waals surface area contributed by atoms with Gasteiger partial charge in [0.05, 0.1) is 0 Å². The number of amides is 1. The third kappa shape index (κ3) is 2.63. The Kier molecular flexibility index (Phi) is 3.73. The normalized spacial score (nSPS) is 34.1. The highest BCUT2D eigenvalue weighted by Crippen LogP contribution is 2.59. The van der Waals surface area contributed by atoms with Gasteiger partial charge in [-0.15, -0.1) is 0 Å². The molecule has 4 fully saturated rings. The number of hydrogen-bond acceptors (Lipinski definition) is 3. The fourth-order valence-corrected chi connectivity index (χ4v) is 6.50. The molecule has 1 unspecified atom stereocenters. The maximum absolute atomic E-state index is 13.0. The van der Waals surface area contributed by atoms with Crippen molar-refractivity contribution in [2.75, 3.05) is 31.9 Å². The SMILES string of the molecule is O=C(C1CC12CCNCC2)N1CCSC2(CCCCC2)C1. The van der Waals surface area contributed by atoms with Crippen molar-refractivity contribution >= 4 is 17.7 Å². The Labute approximate surface area is 132 Å². The van der Waals surface area contributed by atoms with Crippen LogP contribution >= 0.6 is 11.8 Å². The summed E-state index contributed by atoms with van der Waals surface area (Å²) in [5.74, 6) is 2.03. The second-order valence-corrected chi connectivity index (χ2v) is 9.28. The van der Waals surface area contributed by atoms with Crippen LogP contribution in [-0.4, -0.2) is 47.5 Å². The molecule has 2 aliphatic carbocycles. The van der Waals surface area contributed by atoms with Crippen LogP contribution < -0.4 is 5.32 Å². The van der Waals surface area contributed by atoms with Crippen LogP contribution in [0.15, 0.2) is 0 Å². The topological polar surface area (TPSA) is 32.3 Å². The molecule has 1 amide bonds. The van der Waals surface area contributed by atoms with Crippen molar-refractivity contribution in [2.45, 2.75) is 56.1 Å². The summed E-state index contributed by atoms with van der Waals surface area (Å²) in [6.07, 6.45) is 10.4. The Morgan fingerprint density at radius 1 is 1.10 bits per heavy atom. The molecule has 4 rings (SSSR count). The third-order valence-corrected chi connectivity index (χ3v) is 7.95. The standard InChI is InChI=1S/C17H28N2OS/c20-15(14-12-16(14)6-8-18-9-7-16)19-10-11-21-17(13-19)4-2-1-3-5-17/h14,18H,1-13H2. The zero-order valence-corrected chi connectivity index (χ0v) is 13.8. The van der Waals surface area contributed by atoms with Crippen molar-refractivity contribution in [2.24, 2.45) is 11.3 Å². The van der Waals surface area contributed by atoms with Crippen LogP contribution in [0.25, 0.3) is 0 Å². The van der Waals surface area contributed by atoms with Crippen molar-refractivity contribution < 1.29 is 4.79 Å². The van der Waals surface area contributed by atoms with E-state index in [4.69, 9.17) is 0 Å². The van der Waals surface area contributed by atoms with E-state index >= 15 is 0 Å². The lowest BCUT2D eigenvalue weighted by Crippen LogP contribution is -2.50. The summed E-state index contributed by atoms with van der Waals surface area (Å²) in [6.45, 7) is 4.27. The molecule has 0 aromatic heterocycles. The first-order valence-electron chi connectivity index (χ1n) is 8.87. The summed E-state index contributed by atoms with van der Waals surface area (Å²) < 4.78 is 0.419. The number of piperidine rings is 1. The summed E-state index contributed by atoms with van der Waals surface area (Å²) in [4.78, 5) is 15.2. The predicted molar refractivity (Wildman–Crippen MR) is 87.5 cm³/mol. The van der Waals surface area contributed by atoms with E-state index in [1.807, 2.05) is 0 Å². The van der Waals surface area contributed by atoms with E-state index in [0.717, 1.165) is 31.9 Å². The molecule has 0 aromatic carbocycles. The Bertz CT molecular complexity index is 408. The second-order valence-electron chi connectivity index (χ2n) is 7.72. The molecule has 2 saturated carbocycles. The molecule has 2 spiro atoms. The number of thioether (sulfide) groups is 1. The van der Waals surface area contributed by atoms with E-state index in [2.05, 4.69) is 22.0 Å². The van der Waals surface area contributed by atoms with Gasteiger partial charge >= 0.3 is 0 Å². The number of nitrogens with one attached hydrogen (secondary N) is 1. The first-order valence-corrected chi connectivity index (χ1v) is 9.85. The maximum atomic E-state index is 13.0. The summed E-state index contributed by atoms with van der Waals surface area (Å²) in [5.41, 5.74) is 0.395. The van der Waals surface area contributed by atoms with Crippen molar-refractivity contribution in [3.63, 3.8) is 0 Å². The van der Waals surface area contributed by atoms with Gasteiger partial charge in [0, 0.05) is 29.5 Å². The third-order valence-electron chi connectivity index (χ3n) is 6.41. The van der Waals surface area contributed by atoms with Gasteiger partial charge in [-0.2, -0.15) is 11.8 Å². The molecule has 0 aromatic rings. The summed E-state index contributed by atoms with van der Waals surface area (Å²) >= 11 is 2.16. The van der Waals surface area contributed by atoms with E-state index in [9.17, 15) is 4.79 Å². The maximum Gasteiger partial charge on any atom is 0.226 e. The van der Waals surface area contributed by atoms with Crippen molar-refractivity contribution in [3.05, 3.63) is 0 Å². The minimum absolute atomic E-state index is 0.364.